The molecule has 0 aromatic heterocycles. The van der Waals surface area contributed by atoms with Gasteiger partial charge in [-0.3, -0.25) is 4.99 Å². The van der Waals surface area contributed by atoms with Gasteiger partial charge < -0.3 is 5.43 Å². The molecule has 5 heteroatoms. The lowest BCUT2D eigenvalue weighted by Crippen LogP contribution is -2.33. The van der Waals surface area contributed by atoms with Crippen LogP contribution in [0.5, 0.6) is 0 Å². The molecule has 3 N–H and O–H groups in total. The van der Waals surface area contributed by atoms with Gasteiger partial charge >= 0.3 is 0 Å². The monoisotopic (exact) mass is 259 g/mol. The van der Waals surface area contributed by atoms with Gasteiger partial charge in [0.05, 0.1) is 15.6 Å². The molecule has 0 saturated carbocycles. The molecule has 0 amide bonds. The minimum Gasteiger partial charge on any atom is -0.308 e. The van der Waals surface area contributed by atoms with Crippen molar-refractivity contribution in [3.63, 3.8) is 0 Å². The number of aliphatic imine (C=N–C) groups is 1. The normalized spacial score (nSPS) is 12.8. The number of hydrogen-bond donors (Lipinski definition) is 2. The van der Waals surface area contributed by atoms with Crippen LogP contribution in [0.4, 0.5) is 0 Å². The van der Waals surface area contributed by atoms with E-state index in [0.29, 0.717) is 21.4 Å². The van der Waals surface area contributed by atoms with Crippen LogP contribution in [0, 0.1) is 0 Å². The Morgan fingerprint density at radius 1 is 1.31 bits per heavy atom. The van der Waals surface area contributed by atoms with E-state index in [1.807, 2.05) is 26.8 Å². The molecule has 16 heavy (non-hydrogen) atoms. The van der Waals surface area contributed by atoms with Gasteiger partial charge in [0.15, 0.2) is 0 Å². The molecule has 0 saturated heterocycles. The summed E-state index contributed by atoms with van der Waals surface area (Å²) in [6.45, 7) is 5.92. The number of nitrogens with zero attached hydrogens (tertiary/aromatic N) is 1. The third-order valence-electron chi connectivity index (χ3n) is 1.79. The maximum absolute atomic E-state index is 6.09. The second-order valence-electron chi connectivity index (χ2n) is 4.38. The van der Waals surface area contributed by atoms with E-state index in [9.17, 15) is 0 Å². The van der Waals surface area contributed by atoms with Crippen molar-refractivity contribution < 1.29 is 0 Å². The van der Waals surface area contributed by atoms with Crippen LogP contribution in [0.15, 0.2) is 23.2 Å². The lowest BCUT2D eigenvalue weighted by Gasteiger charge is -2.16. The van der Waals surface area contributed by atoms with Gasteiger partial charge in [0.2, 0.25) is 0 Å². The average Bonchev–Trinajstić information content (AvgIpc) is 2.18. The quantitative estimate of drug-likeness (QED) is 0.353. The number of rotatable bonds is 1. The number of hydrazine groups is 1. The summed E-state index contributed by atoms with van der Waals surface area (Å²) in [6.07, 6.45) is 0. The zero-order valence-electron chi connectivity index (χ0n) is 9.51. The van der Waals surface area contributed by atoms with E-state index in [0.717, 1.165) is 0 Å². The molecule has 0 bridgehead atoms. The van der Waals surface area contributed by atoms with E-state index in [1.165, 1.54) is 0 Å². The predicted molar refractivity (Wildman–Crippen MR) is 70.1 cm³/mol. The Morgan fingerprint density at radius 3 is 2.44 bits per heavy atom. The fraction of sp³-hybridized carbons (Fsp3) is 0.364. The van der Waals surface area contributed by atoms with Crippen molar-refractivity contribution in [3.05, 3.63) is 33.8 Å². The molecule has 3 nitrogen and oxygen atoms in total. The maximum Gasteiger partial charge on any atom is 0.144 e. The summed E-state index contributed by atoms with van der Waals surface area (Å²) in [5.74, 6) is 5.98. The van der Waals surface area contributed by atoms with Gasteiger partial charge in [0.1, 0.15) is 5.84 Å². The topological polar surface area (TPSA) is 50.4 Å². The molecule has 0 aliphatic heterocycles. The van der Waals surface area contributed by atoms with Crippen LogP contribution in [0.1, 0.15) is 26.3 Å². The Labute approximate surface area is 106 Å². The van der Waals surface area contributed by atoms with Gasteiger partial charge in [0, 0.05) is 5.56 Å². The van der Waals surface area contributed by atoms with Crippen molar-refractivity contribution in [1.29, 1.82) is 0 Å². The van der Waals surface area contributed by atoms with Crippen molar-refractivity contribution in [1.82, 2.24) is 5.43 Å². The molecule has 0 spiro atoms. The zero-order chi connectivity index (χ0) is 12.3. The van der Waals surface area contributed by atoms with E-state index < -0.39 is 0 Å². The molecule has 88 valence electrons. The van der Waals surface area contributed by atoms with E-state index in [-0.39, 0.29) is 5.54 Å². The second-order valence-corrected chi connectivity index (χ2v) is 5.16. The van der Waals surface area contributed by atoms with Crippen LogP contribution < -0.4 is 11.3 Å². The van der Waals surface area contributed by atoms with Crippen LogP contribution in [0.25, 0.3) is 0 Å². The molecule has 0 radical (unpaired) electrons. The van der Waals surface area contributed by atoms with Crippen LogP contribution in [-0.2, 0) is 0 Å². The maximum atomic E-state index is 6.09. The number of hydrogen-bond acceptors (Lipinski definition) is 2. The number of benzene rings is 1. The molecule has 0 aliphatic carbocycles. The van der Waals surface area contributed by atoms with Crippen LogP contribution >= 0.6 is 23.2 Å². The highest BCUT2D eigenvalue weighted by Crippen LogP contribution is 2.26. The Bertz CT molecular complexity index is 408. The van der Waals surface area contributed by atoms with Gasteiger partial charge in [-0.1, -0.05) is 29.3 Å². The number of amidine groups is 1. The summed E-state index contributed by atoms with van der Waals surface area (Å²) in [5.41, 5.74) is 3.01. The van der Waals surface area contributed by atoms with Crippen LogP contribution in [0.3, 0.4) is 0 Å². The molecular weight excluding hydrogens is 245 g/mol. The standard InChI is InChI=1S/C11H15Cl2N3/c1-11(2,3)15-10(16-14)7-5-4-6-8(12)9(7)13/h4-6H,14H2,1-3H3,(H,15,16). The van der Waals surface area contributed by atoms with E-state index in [2.05, 4.69) is 10.4 Å². The number of nitrogens with one attached hydrogen (secondary N) is 1. The first-order valence-electron chi connectivity index (χ1n) is 4.86. The minimum absolute atomic E-state index is 0.243. The molecule has 1 aromatic rings. The van der Waals surface area contributed by atoms with Gasteiger partial charge in [0.25, 0.3) is 0 Å². The van der Waals surface area contributed by atoms with Crippen molar-refractivity contribution in [2.45, 2.75) is 26.3 Å². The zero-order valence-corrected chi connectivity index (χ0v) is 11.0. The van der Waals surface area contributed by atoms with Crippen LogP contribution in [-0.4, -0.2) is 11.4 Å². The van der Waals surface area contributed by atoms with Crippen molar-refractivity contribution in [3.8, 4) is 0 Å². The third-order valence-corrected chi connectivity index (χ3v) is 2.61. The summed E-state index contributed by atoms with van der Waals surface area (Å²) >= 11 is 12.0. The van der Waals surface area contributed by atoms with E-state index >= 15 is 0 Å². The molecule has 0 atom stereocenters. The largest absolute Gasteiger partial charge is 0.308 e. The lowest BCUT2D eigenvalue weighted by molar-refractivity contribution is 0.580. The van der Waals surface area contributed by atoms with Crippen molar-refractivity contribution in [2.24, 2.45) is 10.8 Å². The molecular formula is C11H15Cl2N3. The molecule has 0 heterocycles. The molecule has 0 aliphatic rings. The lowest BCUT2D eigenvalue weighted by atomic mass is 10.1. The summed E-state index contributed by atoms with van der Waals surface area (Å²) < 4.78 is 0. The predicted octanol–water partition coefficient (Wildman–Crippen LogP) is 3.00. The Hall–Kier alpha value is -0.770. The summed E-state index contributed by atoms with van der Waals surface area (Å²) in [6, 6.07) is 5.34. The highest BCUT2D eigenvalue weighted by molar-refractivity contribution is 6.44. The van der Waals surface area contributed by atoms with Gasteiger partial charge in [-0.15, -0.1) is 0 Å². The van der Waals surface area contributed by atoms with Gasteiger partial charge in [-0.25, -0.2) is 5.84 Å². The fourth-order valence-electron chi connectivity index (χ4n) is 1.19. The van der Waals surface area contributed by atoms with Crippen molar-refractivity contribution in [2.75, 3.05) is 0 Å². The number of nitrogens with two attached hydrogens (primary N) is 1. The van der Waals surface area contributed by atoms with Crippen molar-refractivity contribution >= 4 is 29.0 Å². The number of halogens is 2. The van der Waals surface area contributed by atoms with Gasteiger partial charge in [-0.05, 0) is 32.9 Å². The Morgan fingerprint density at radius 2 is 1.94 bits per heavy atom. The minimum atomic E-state index is -0.243. The SMILES string of the molecule is CC(C)(C)N=C(NN)c1cccc(Cl)c1Cl. The third kappa shape index (κ3) is 3.37. The molecule has 0 fully saturated rings. The molecule has 1 rings (SSSR count). The summed E-state index contributed by atoms with van der Waals surface area (Å²) in [5, 5.41) is 0.932. The second kappa shape index (κ2) is 5.04. The van der Waals surface area contributed by atoms with E-state index in [4.69, 9.17) is 29.0 Å². The van der Waals surface area contributed by atoms with Crippen LogP contribution in [0.2, 0.25) is 10.0 Å². The highest BCUT2D eigenvalue weighted by atomic mass is 35.5. The smallest absolute Gasteiger partial charge is 0.144 e. The Kier molecular flexibility index (Phi) is 4.19. The molecule has 1 aromatic carbocycles. The first kappa shape index (κ1) is 13.3. The Balaban J connectivity index is 3.25. The first-order valence-corrected chi connectivity index (χ1v) is 5.61. The fourth-order valence-corrected chi connectivity index (χ4v) is 1.58. The average molecular weight is 260 g/mol. The molecule has 0 unspecified atom stereocenters. The van der Waals surface area contributed by atoms with E-state index in [1.54, 1.807) is 12.1 Å². The first-order chi connectivity index (χ1) is 7.35. The highest BCUT2D eigenvalue weighted by Gasteiger charge is 2.14. The van der Waals surface area contributed by atoms with Gasteiger partial charge in [-0.2, -0.15) is 0 Å². The summed E-state index contributed by atoms with van der Waals surface area (Å²) in [7, 11) is 0. The summed E-state index contributed by atoms with van der Waals surface area (Å²) in [4.78, 5) is 4.44.